The standard InChI is InChI=1S/C16H24N4O3/c1-10(2)20-9-13(7-14(20)21)16(22)19-6-4-5-12(8-19)15-17-11(3)18-23-15/h10,12-13H,4-9H2,1-3H3/t12-,13+/m1/s1. The van der Waals surface area contributed by atoms with Gasteiger partial charge in [0.15, 0.2) is 5.82 Å². The molecule has 2 amide bonds. The number of carbonyl (C=O) groups excluding carboxylic acids is 2. The largest absolute Gasteiger partial charge is 0.342 e. The van der Waals surface area contributed by atoms with Gasteiger partial charge in [0.1, 0.15) is 0 Å². The Kier molecular flexibility index (Phi) is 4.37. The van der Waals surface area contributed by atoms with E-state index in [0.717, 1.165) is 19.4 Å². The molecular weight excluding hydrogens is 296 g/mol. The number of amides is 2. The zero-order valence-electron chi connectivity index (χ0n) is 14.0. The van der Waals surface area contributed by atoms with Crippen LogP contribution >= 0.6 is 0 Å². The first kappa shape index (κ1) is 16.0. The molecule has 2 saturated heterocycles. The normalized spacial score (nSPS) is 25.5. The zero-order valence-corrected chi connectivity index (χ0v) is 14.0. The number of rotatable bonds is 3. The molecule has 0 bridgehead atoms. The van der Waals surface area contributed by atoms with Gasteiger partial charge in [0.25, 0.3) is 0 Å². The van der Waals surface area contributed by atoms with Gasteiger partial charge in [-0.3, -0.25) is 9.59 Å². The Bertz CT molecular complexity index is 598. The maximum atomic E-state index is 12.8. The van der Waals surface area contributed by atoms with Crippen LogP contribution < -0.4 is 0 Å². The van der Waals surface area contributed by atoms with Crippen molar-refractivity contribution < 1.29 is 14.1 Å². The highest BCUT2D eigenvalue weighted by Gasteiger charge is 2.39. The summed E-state index contributed by atoms with van der Waals surface area (Å²) in [4.78, 5) is 32.8. The summed E-state index contributed by atoms with van der Waals surface area (Å²) in [6.45, 7) is 7.65. The van der Waals surface area contributed by atoms with Crippen LogP contribution in [0.2, 0.25) is 0 Å². The Morgan fingerprint density at radius 1 is 1.35 bits per heavy atom. The molecule has 0 N–H and O–H groups in total. The molecule has 1 aromatic heterocycles. The molecule has 126 valence electrons. The lowest BCUT2D eigenvalue weighted by Crippen LogP contribution is -2.43. The van der Waals surface area contributed by atoms with E-state index in [0.29, 0.717) is 31.2 Å². The first-order chi connectivity index (χ1) is 11.0. The Balaban J connectivity index is 1.65. The molecule has 23 heavy (non-hydrogen) atoms. The second kappa shape index (κ2) is 6.29. The van der Waals surface area contributed by atoms with E-state index in [1.54, 1.807) is 11.8 Å². The first-order valence-corrected chi connectivity index (χ1v) is 8.34. The molecule has 3 heterocycles. The number of nitrogens with zero attached hydrogens (tertiary/aromatic N) is 4. The van der Waals surface area contributed by atoms with Gasteiger partial charge in [0.05, 0.1) is 11.8 Å². The van der Waals surface area contributed by atoms with Crippen LogP contribution in [0.25, 0.3) is 0 Å². The highest BCUT2D eigenvalue weighted by atomic mass is 16.5. The molecule has 2 fully saturated rings. The molecule has 2 aliphatic rings. The van der Waals surface area contributed by atoms with E-state index in [-0.39, 0.29) is 29.7 Å². The smallest absolute Gasteiger partial charge is 0.231 e. The summed E-state index contributed by atoms with van der Waals surface area (Å²) in [5, 5.41) is 3.84. The zero-order chi connectivity index (χ0) is 16.6. The van der Waals surface area contributed by atoms with Gasteiger partial charge in [0.2, 0.25) is 17.7 Å². The van der Waals surface area contributed by atoms with Gasteiger partial charge in [-0.15, -0.1) is 0 Å². The van der Waals surface area contributed by atoms with Crippen LogP contribution in [0.15, 0.2) is 4.52 Å². The van der Waals surface area contributed by atoms with Crippen molar-refractivity contribution in [3.05, 3.63) is 11.7 Å². The molecule has 0 aromatic carbocycles. The van der Waals surface area contributed by atoms with Gasteiger partial charge in [-0.25, -0.2) is 0 Å². The SMILES string of the molecule is Cc1noc([C@@H]2CCCN(C(=O)[C@H]3CC(=O)N(C(C)C)C3)C2)n1. The average Bonchev–Trinajstić information content (AvgIpc) is 3.13. The van der Waals surface area contributed by atoms with Gasteiger partial charge in [0, 0.05) is 32.1 Å². The lowest BCUT2D eigenvalue weighted by atomic mass is 9.96. The topological polar surface area (TPSA) is 79.5 Å². The lowest BCUT2D eigenvalue weighted by Gasteiger charge is -2.32. The van der Waals surface area contributed by atoms with E-state index in [4.69, 9.17) is 4.52 Å². The van der Waals surface area contributed by atoms with Gasteiger partial charge in [-0.2, -0.15) is 4.98 Å². The Labute approximate surface area is 136 Å². The molecule has 0 unspecified atom stereocenters. The summed E-state index contributed by atoms with van der Waals surface area (Å²) in [6.07, 6.45) is 2.21. The van der Waals surface area contributed by atoms with Gasteiger partial charge < -0.3 is 14.3 Å². The molecule has 0 saturated carbocycles. The third-order valence-electron chi connectivity index (χ3n) is 4.76. The monoisotopic (exact) mass is 320 g/mol. The van der Waals surface area contributed by atoms with Crippen molar-refractivity contribution in [2.24, 2.45) is 5.92 Å². The van der Waals surface area contributed by atoms with Crippen molar-refractivity contribution in [3.8, 4) is 0 Å². The summed E-state index contributed by atoms with van der Waals surface area (Å²) >= 11 is 0. The van der Waals surface area contributed by atoms with Crippen molar-refractivity contribution >= 4 is 11.8 Å². The number of likely N-dealkylation sites (tertiary alicyclic amines) is 2. The molecule has 2 aliphatic heterocycles. The van der Waals surface area contributed by atoms with Gasteiger partial charge in [-0.05, 0) is 33.6 Å². The number of aromatic nitrogens is 2. The second-order valence-electron chi connectivity index (χ2n) is 6.84. The highest BCUT2D eigenvalue weighted by molar-refractivity contribution is 5.89. The number of hydrogen-bond donors (Lipinski definition) is 0. The summed E-state index contributed by atoms with van der Waals surface area (Å²) in [5.41, 5.74) is 0. The van der Waals surface area contributed by atoms with Crippen LogP contribution in [0.1, 0.15) is 50.7 Å². The van der Waals surface area contributed by atoms with Crippen LogP contribution in [0, 0.1) is 12.8 Å². The predicted molar refractivity (Wildman–Crippen MR) is 82.5 cm³/mol. The molecular formula is C16H24N4O3. The molecule has 0 aliphatic carbocycles. The predicted octanol–water partition coefficient (Wildman–Crippen LogP) is 1.34. The number of aryl methyl sites for hydroxylation is 1. The number of piperidine rings is 1. The van der Waals surface area contributed by atoms with E-state index in [2.05, 4.69) is 10.1 Å². The summed E-state index contributed by atoms with van der Waals surface area (Å²) in [5.74, 6) is 1.30. The third kappa shape index (κ3) is 3.23. The molecule has 2 atom stereocenters. The Morgan fingerprint density at radius 3 is 2.74 bits per heavy atom. The van der Waals surface area contributed by atoms with Gasteiger partial charge in [-0.1, -0.05) is 5.16 Å². The minimum absolute atomic E-state index is 0.0828. The van der Waals surface area contributed by atoms with Crippen LogP contribution in [-0.4, -0.2) is 57.4 Å². The van der Waals surface area contributed by atoms with Crippen LogP contribution in [-0.2, 0) is 9.59 Å². The van der Waals surface area contributed by atoms with E-state index >= 15 is 0 Å². The van der Waals surface area contributed by atoms with Crippen molar-refractivity contribution in [2.75, 3.05) is 19.6 Å². The quantitative estimate of drug-likeness (QED) is 0.839. The highest BCUT2D eigenvalue weighted by Crippen LogP contribution is 2.29. The number of carbonyl (C=O) groups is 2. The van der Waals surface area contributed by atoms with Crippen molar-refractivity contribution in [2.45, 2.75) is 52.0 Å². The molecule has 0 radical (unpaired) electrons. The molecule has 7 heteroatoms. The Morgan fingerprint density at radius 2 is 2.13 bits per heavy atom. The number of hydrogen-bond acceptors (Lipinski definition) is 5. The fourth-order valence-corrected chi connectivity index (χ4v) is 3.51. The van der Waals surface area contributed by atoms with Gasteiger partial charge >= 0.3 is 0 Å². The maximum Gasteiger partial charge on any atom is 0.231 e. The van der Waals surface area contributed by atoms with E-state index in [9.17, 15) is 9.59 Å². The molecule has 0 spiro atoms. The summed E-state index contributed by atoms with van der Waals surface area (Å²) < 4.78 is 5.26. The van der Waals surface area contributed by atoms with Crippen LogP contribution in [0.3, 0.4) is 0 Å². The Hall–Kier alpha value is -1.92. The van der Waals surface area contributed by atoms with Crippen LogP contribution in [0.5, 0.6) is 0 Å². The second-order valence-corrected chi connectivity index (χ2v) is 6.84. The fourth-order valence-electron chi connectivity index (χ4n) is 3.51. The first-order valence-electron chi connectivity index (χ1n) is 8.34. The lowest BCUT2D eigenvalue weighted by molar-refractivity contribution is -0.137. The fraction of sp³-hybridized carbons (Fsp3) is 0.750. The van der Waals surface area contributed by atoms with E-state index in [1.807, 2.05) is 18.7 Å². The minimum Gasteiger partial charge on any atom is -0.342 e. The molecule has 7 nitrogen and oxygen atoms in total. The minimum atomic E-state index is -0.215. The molecule has 1 aromatic rings. The van der Waals surface area contributed by atoms with Crippen molar-refractivity contribution in [1.29, 1.82) is 0 Å². The third-order valence-corrected chi connectivity index (χ3v) is 4.76. The summed E-state index contributed by atoms with van der Waals surface area (Å²) in [7, 11) is 0. The van der Waals surface area contributed by atoms with Crippen molar-refractivity contribution in [3.63, 3.8) is 0 Å². The van der Waals surface area contributed by atoms with E-state index in [1.165, 1.54) is 0 Å². The van der Waals surface area contributed by atoms with Crippen molar-refractivity contribution in [1.82, 2.24) is 19.9 Å². The molecule has 3 rings (SSSR count). The van der Waals surface area contributed by atoms with E-state index < -0.39 is 0 Å². The summed E-state index contributed by atoms with van der Waals surface area (Å²) in [6, 6.07) is 0.149. The van der Waals surface area contributed by atoms with Crippen LogP contribution in [0.4, 0.5) is 0 Å². The maximum absolute atomic E-state index is 12.8. The average molecular weight is 320 g/mol.